The minimum Gasteiger partial charge on any atom is -0.496 e. The summed E-state index contributed by atoms with van der Waals surface area (Å²) in [6, 6.07) is 13.7. The molecule has 5 heteroatoms. The second-order valence-corrected chi connectivity index (χ2v) is 7.16. The van der Waals surface area contributed by atoms with Gasteiger partial charge in [-0.2, -0.15) is 0 Å². The van der Waals surface area contributed by atoms with Crippen LogP contribution in [0.3, 0.4) is 0 Å². The molecule has 1 unspecified atom stereocenters. The molecule has 0 saturated carbocycles. The van der Waals surface area contributed by atoms with Crippen molar-refractivity contribution in [3.8, 4) is 5.75 Å². The Labute approximate surface area is 166 Å². The molecular formula is C23H28N2O3. The van der Waals surface area contributed by atoms with Crippen LogP contribution in [0.5, 0.6) is 5.75 Å². The van der Waals surface area contributed by atoms with Crippen molar-refractivity contribution in [1.82, 2.24) is 10.6 Å². The van der Waals surface area contributed by atoms with Crippen LogP contribution in [-0.2, 0) is 29.0 Å². The van der Waals surface area contributed by atoms with Gasteiger partial charge in [-0.25, -0.2) is 0 Å². The third-order valence-electron chi connectivity index (χ3n) is 5.33. The number of ether oxygens (including phenoxy) is 1. The van der Waals surface area contributed by atoms with E-state index in [-0.39, 0.29) is 12.6 Å². The molecule has 0 bridgehead atoms. The second-order valence-electron chi connectivity index (χ2n) is 7.16. The summed E-state index contributed by atoms with van der Waals surface area (Å²) in [6.07, 6.45) is 5.40. The molecule has 0 saturated heterocycles. The van der Waals surface area contributed by atoms with E-state index in [2.05, 4.69) is 28.8 Å². The van der Waals surface area contributed by atoms with Gasteiger partial charge in [-0.05, 0) is 54.9 Å². The highest BCUT2D eigenvalue weighted by Crippen LogP contribution is 2.26. The first kappa shape index (κ1) is 19.9. The number of para-hydroxylation sites is 1. The summed E-state index contributed by atoms with van der Waals surface area (Å²) in [5.41, 5.74) is 4.67. The minimum atomic E-state index is -0.637. The van der Waals surface area contributed by atoms with Crippen molar-refractivity contribution in [2.24, 2.45) is 0 Å². The SMILES string of the molecule is CCC(NC(=O)C(=O)NCc1ccccc1OC)c1ccc2c(c1)CCCC2. The van der Waals surface area contributed by atoms with E-state index < -0.39 is 11.8 Å². The lowest BCUT2D eigenvalue weighted by Gasteiger charge is -2.21. The third kappa shape index (κ3) is 4.71. The zero-order valence-electron chi connectivity index (χ0n) is 16.6. The Kier molecular flexibility index (Phi) is 6.69. The van der Waals surface area contributed by atoms with Crippen molar-refractivity contribution in [3.63, 3.8) is 0 Å². The van der Waals surface area contributed by atoms with Gasteiger partial charge in [-0.3, -0.25) is 9.59 Å². The zero-order chi connectivity index (χ0) is 19.9. The van der Waals surface area contributed by atoms with Gasteiger partial charge >= 0.3 is 11.8 Å². The van der Waals surface area contributed by atoms with E-state index >= 15 is 0 Å². The quantitative estimate of drug-likeness (QED) is 0.754. The van der Waals surface area contributed by atoms with Gasteiger partial charge in [0, 0.05) is 12.1 Å². The predicted molar refractivity (Wildman–Crippen MR) is 109 cm³/mol. The number of carbonyl (C=O) groups is 2. The molecule has 148 valence electrons. The third-order valence-corrected chi connectivity index (χ3v) is 5.33. The Morgan fingerprint density at radius 2 is 1.79 bits per heavy atom. The molecule has 2 amide bonds. The average Bonchev–Trinajstić information content (AvgIpc) is 2.75. The lowest BCUT2D eigenvalue weighted by atomic mass is 9.89. The van der Waals surface area contributed by atoms with Gasteiger partial charge in [0.05, 0.1) is 13.2 Å². The Balaban J connectivity index is 1.61. The smallest absolute Gasteiger partial charge is 0.309 e. The van der Waals surface area contributed by atoms with Crippen molar-refractivity contribution in [1.29, 1.82) is 0 Å². The van der Waals surface area contributed by atoms with E-state index in [4.69, 9.17) is 4.74 Å². The van der Waals surface area contributed by atoms with Crippen LogP contribution in [0.2, 0.25) is 0 Å². The van der Waals surface area contributed by atoms with Crippen LogP contribution >= 0.6 is 0 Å². The van der Waals surface area contributed by atoms with Crippen LogP contribution in [0.4, 0.5) is 0 Å². The van der Waals surface area contributed by atoms with E-state index in [0.717, 1.165) is 30.4 Å². The van der Waals surface area contributed by atoms with Crippen LogP contribution in [0.1, 0.15) is 54.5 Å². The minimum absolute atomic E-state index is 0.170. The Hall–Kier alpha value is -2.82. The van der Waals surface area contributed by atoms with Crippen LogP contribution in [-0.4, -0.2) is 18.9 Å². The van der Waals surface area contributed by atoms with Gasteiger partial charge in [-0.15, -0.1) is 0 Å². The normalized spacial score (nSPS) is 13.9. The fourth-order valence-corrected chi connectivity index (χ4v) is 3.72. The van der Waals surface area contributed by atoms with Crippen LogP contribution in [0.25, 0.3) is 0 Å². The van der Waals surface area contributed by atoms with Crippen LogP contribution < -0.4 is 15.4 Å². The monoisotopic (exact) mass is 380 g/mol. The first-order valence-electron chi connectivity index (χ1n) is 9.94. The summed E-state index contributed by atoms with van der Waals surface area (Å²) >= 11 is 0. The van der Waals surface area contributed by atoms with Crippen molar-refractivity contribution < 1.29 is 14.3 Å². The summed E-state index contributed by atoms with van der Waals surface area (Å²) in [5, 5.41) is 5.55. The molecule has 0 aromatic heterocycles. The van der Waals surface area contributed by atoms with E-state index in [0.29, 0.717) is 5.75 Å². The molecule has 28 heavy (non-hydrogen) atoms. The molecule has 2 aromatic carbocycles. The van der Waals surface area contributed by atoms with Gasteiger partial charge in [0.2, 0.25) is 0 Å². The number of hydrogen-bond acceptors (Lipinski definition) is 3. The highest BCUT2D eigenvalue weighted by atomic mass is 16.5. The number of rotatable bonds is 6. The highest BCUT2D eigenvalue weighted by molar-refractivity contribution is 6.35. The van der Waals surface area contributed by atoms with Crippen molar-refractivity contribution in [2.75, 3.05) is 7.11 Å². The number of amides is 2. The van der Waals surface area contributed by atoms with Crippen LogP contribution in [0, 0.1) is 0 Å². The predicted octanol–water partition coefficient (Wildman–Crippen LogP) is 3.46. The molecule has 5 nitrogen and oxygen atoms in total. The van der Waals surface area contributed by atoms with Gasteiger partial charge < -0.3 is 15.4 Å². The molecule has 1 aliphatic rings. The molecular weight excluding hydrogens is 352 g/mol. The first-order chi connectivity index (χ1) is 13.6. The van der Waals surface area contributed by atoms with Crippen molar-refractivity contribution in [2.45, 2.75) is 51.6 Å². The number of benzene rings is 2. The molecule has 2 N–H and O–H groups in total. The number of hydrogen-bond donors (Lipinski definition) is 2. The largest absolute Gasteiger partial charge is 0.496 e. The molecule has 0 radical (unpaired) electrons. The number of methoxy groups -OCH3 is 1. The summed E-state index contributed by atoms with van der Waals surface area (Å²) in [6.45, 7) is 2.25. The number of fused-ring (bicyclic) bond motifs is 1. The van der Waals surface area contributed by atoms with E-state index in [1.54, 1.807) is 7.11 Å². The molecule has 0 spiro atoms. The maximum atomic E-state index is 12.4. The van der Waals surface area contributed by atoms with E-state index in [9.17, 15) is 9.59 Å². The zero-order valence-corrected chi connectivity index (χ0v) is 16.6. The van der Waals surface area contributed by atoms with E-state index in [1.807, 2.05) is 31.2 Å². The molecule has 0 fully saturated rings. The Bertz CT molecular complexity index is 847. The van der Waals surface area contributed by atoms with Crippen molar-refractivity contribution in [3.05, 3.63) is 64.7 Å². The Morgan fingerprint density at radius 3 is 2.54 bits per heavy atom. The van der Waals surface area contributed by atoms with Crippen LogP contribution in [0.15, 0.2) is 42.5 Å². The highest BCUT2D eigenvalue weighted by Gasteiger charge is 2.20. The average molecular weight is 380 g/mol. The second kappa shape index (κ2) is 9.40. The molecule has 0 aliphatic heterocycles. The molecule has 2 aromatic rings. The number of nitrogens with one attached hydrogen (secondary N) is 2. The lowest BCUT2D eigenvalue weighted by molar-refractivity contribution is -0.139. The van der Waals surface area contributed by atoms with Crippen molar-refractivity contribution >= 4 is 11.8 Å². The Morgan fingerprint density at radius 1 is 1.04 bits per heavy atom. The van der Waals surface area contributed by atoms with E-state index in [1.165, 1.54) is 24.0 Å². The van der Waals surface area contributed by atoms with Gasteiger partial charge in [0.25, 0.3) is 0 Å². The standard InChI is InChI=1S/C23H28N2O3/c1-3-20(18-13-12-16-8-4-5-9-17(16)14-18)25-23(27)22(26)24-15-19-10-6-7-11-21(19)28-2/h6-7,10-14,20H,3-5,8-9,15H2,1-2H3,(H,24,26)(H,25,27). The fourth-order valence-electron chi connectivity index (χ4n) is 3.72. The lowest BCUT2D eigenvalue weighted by Crippen LogP contribution is -2.41. The maximum absolute atomic E-state index is 12.4. The molecule has 3 rings (SSSR count). The fraction of sp³-hybridized carbons (Fsp3) is 0.391. The number of carbonyl (C=O) groups excluding carboxylic acids is 2. The maximum Gasteiger partial charge on any atom is 0.309 e. The summed E-state index contributed by atoms with van der Waals surface area (Å²) < 4.78 is 5.27. The summed E-state index contributed by atoms with van der Waals surface area (Å²) in [7, 11) is 1.58. The molecule has 1 aliphatic carbocycles. The summed E-state index contributed by atoms with van der Waals surface area (Å²) in [5.74, 6) is -0.564. The summed E-state index contributed by atoms with van der Waals surface area (Å²) in [4.78, 5) is 24.7. The number of aryl methyl sites for hydroxylation is 2. The topological polar surface area (TPSA) is 67.4 Å². The first-order valence-corrected chi connectivity index (χ1v) is 9.94. The molecule has 0 heterocycles. The molecule has 1 atom stereocenters. The van der Waals surface area contributed by atoms with Gasteiger partial charge in [-0.1, -0.05) is 43.3 Å². The van der Waals surface area contributed by atoms with Gasteiger partial charge in [0.1, 0.15) is 5.75 Å². The van der Waals surface area contributed by atoms with Gasteiger partial charge in [0.15, 0.2) is 0 Å².